The number of piperazine rings is 1. The minimum atomic E-state index is 0.138. The number of likely N-dealkylation sites (N-methyl/N-ethyl adjacent to an activating group) is 1. The molecule has 0 aliphatic carbocycles. The Kier molecular flexibility index (Phi) is 2.37. The molecule has 0 spiro atoms. The van der Waals surface area contributed by atoms with E-state index in [-0.39, 0.29) is 5.88 Å². The molecule has 0 saturated carbocycles. The van der Waals surface area contributed by atoms with Gasteiger partial charge in [0.05, 0.1) is 5.38 Å². The Labute approximate surface area is 81.4 Å². The Bertz CT molecular complexity index is 281. The van der Waals surface area contributed by atoms with Gasteiger partial charge < -0.3 is 14.9 Å². The van der Waals surface area contributed by atoms with E-state index in [0.717, 1.165) is 31.3 Å². The molecule has 1 aromatic rings. The van der Waals surface area contributed by atoms with E-state index < -0.39 is 0 Å². The summed E-state index contributed by atoms with van der Waals surface area (Å²) in [5.41, 5.74) is 0. The number of nitrogens with zero attached hydrogens (tertiary/aromatic N) is 3. The Hall–Kier alpha value is -0.810. The fourth-order valence-electron chi connectivity index (χ4n) is 1.40. The highest BCUT2D eigenvalue weighted by molar-refractivity contribution is 7.13. The van der Waals surface area contributed by atoms with Gasteiger partial charge in [-0.25, -0.2) is 0 Å². The third kappa shape index (κ3) is 1.92. The Balaban J connectivity index is 2.02. The maximum Gasteiger partial charge on any atom is 0.223 e. The Morgan fingerprint density at radius 1 is 1.38 bits per heavy atom. The summed E-state index contributed by atoms with van der Waals surface area (Å²) < 4.78 is 0. The van der Waals surface area contributed by atoms with Crippen molar-refractivity contribution in [3.8, 4) is 5.88 Å². The van der Waals surface area contributed by atoms with Crippen LogP contribution in [0.5, 0.6) is 5.88 Å². The predicted octanol–water partition coefficient (Wildman–Crippen LogP) is 0.600. The number of hydrogen-bond donors (Lipinski definition) is 1. The number of anilines is 1. The molecule has 0 aromatic carbocycles. The summed E-state index contributed by atoms with van der Waals surface area (Å²) in [6, 6.07) is 0. The predicted molar refractivity (Wildman–Crippen MR) is 53.5 cm³/mol. The summed E-state index contributed by atoms with van der Waals surface area (Å²) >= 11 is 1.50. The standard InChI is InChI=1S/C8H13N3OS/c1-10-2-4-11(5-3-10)8-9-7(12)6-13-8/h6,12H,2-5H2,1H3. The van der Waals surface area contributed by atoms with Gasteiger partial charge in [-0.05, 0) is 7.05 Å². The quantitative estimate of drug-likeness (QED) is 0.719. The molecule has 2 heterocycles. The van der Waals surface area contributed by atoms with Crippen LogP contribution in [0.2, 0.25) is 0 Å². The van der Waals surface area contributed by atoms with E-state index in [0.29, 0.717) is 0 Å². The summed E-state index contributed by atoms with van der Waals surface area (Å²) in [5.74, 6) is 0.138. The van der Waals surface area contributed by atoms with Crippen LogP contribution in [0.3, 0.4) is 0 Å². The molecule has 1 fully saturated rings. The topological polar surface area (TPSA) is 39.6 Å². The molecule has 1 N–H and O–H groups in total. The van der Waals surface area contributed by atoms with Gasteiger partial charge in [0.25, 0.3) is 0 Å². The lowest BCUT2D eigenvalue weighted by Gasteiger charge is -2.31. The normalized spacial score (nSPS) is 19.3. The first-order valence-electron chi connectivity index (χ1n) is 4.34. The van der Waals surface area contributed by atoms with Gasteiger partial charge in [-0.3, -0.25) is 0 Å². The SMILES string of the molecule is CN1CCN(c2nc(O)cs2)CC1. The lowest BCUT2D eigenvalue weighted by Crippen LogP contribution is -2.44. The van der Waals surface area contributed by atoms with Gasteiger partial charge in [0, 0.05) is 26.2 Å². The second-order valence-electron chi connectivity index (χ2n) is 3.28. The second-order valence-corrected chi connectivity index (χ2v) is 4.12. The van der Waals surface area contributed by atoms with Crippen molar-refractivity contribution in [3.63, 3.8) is 0 Å². The Morgan fingerprint density at radius 2 is 2.08 bits per heavy atom. The minimum Gasteiger partial charge on any atom is -0.493 e. The van der Waals surface area contributed by atoms with Crippen LogP contribution in [0.4, 0.5) is 5.13 Å². The molecule has 5 heteroatoms. The molecule has 0 radical (unpaired) electrons. The van der Waals surface area contributed by atoms with Crippen LogP contribution in [0.1, 0.15) is 0 Å². The molecule has 0 bridgehead atoms. The van der Waals surface area contributed by atoms with E-state index >= 15 is 0 Å². The molecule has 4 nitrogen and oxygen atoms in total. The number of aromatic nitrogens is 1. The average Bonchev–Trinajstić information content (AvgIpc) is 2.53. The van der Waals surface area contributed by atoms with Crippen LogP contribution < -0.4 is 4.90 Å². The minimum absolute atomic E-state index is 0.138. The van der Waals surface area contributed by atoms with Crippen LogP contribution in [0.15, 0.2) is 5.38 Å². The van der Waals surface area contributed by atoms with Crippen molar-refractivity contribution in [3.05, 3.63) is 5.38 Å². The molecular weight excluding hydrogens is 186 g/mol. The molecule has 1 aliphatic rings. The first kappa shape index (κ1) is 8.77. The van der Waals surface area contributed by atoms with Gasteiger partial charge in [-0.2, -0.15) is 4.98 Å². The average molecular weight is 199 g/mol. The number of rotatable bonds is 1. The van der Waals surface area contributed by atoms with Gasteiger partial charge in [0.15, 0.2) is 5.13 Å². The molecule has 1 saturated heterocycles. The van der Waals surface area contributed by atoms with E-state index in [4.69, 9.17) is 5.11 Å². The lowest BCUT2D eigenvalue weighted by atomic mass is 10.3. The highest BCUT2D eigenvalue weighted by atomic mass is 32.1. The fourth-order valence-corrected chi connectivity index (χ4v) is 2.14. The summed E-state index contributed by atoms with van der Waals surface area (Å²) in [6.07, 6.45) is 0. The zero-order chi connectivity index (χ0) is 9.26. The van der Waals surface area contributed by atoms with Crippen LogP contribution in [0.25, 0.3) is 0 Å². The molecule has 0 unspecified atom stereocenters. The van der Waals surface area contributed by atoms with Gasteiger partial charge in [0.2, 0.25) is 5.88 Å². The van der Waals surface area contributed by atoms with Crippen molar-refractivity contribution in [1.29, 1.82) is 0 Å². The van der Waals surface area contributed by atoms with E-state index in [1.165, 1.54) is 11.3 Å². The van der Waals surface area contributed by atoms with E-state index in [2.05, 4.69) is 21.8 Å². The van der Waals surface area contributed by atoms with Gasteiger partial charge in [-0.1, -0.05) is 0 Å². The van der Waals surface area contributed by atoms with Crippen molar-refractivity contribution in [2.45, 2.75) is 0 Å². The molecule has 2 rings (SSSR count). The van der Waals surface area contributed by atoms with Crippen molar-refractivity contribution in [2.75, 3.05) is 38.1 Å². The van der Waals surface area contributed by atoms with Crippen molar-refractivity contribution >= 4 is 16.5 Å². The molecule has 1 aliphatic heterocycles. The number of hydrogen-bond acceptors (Lipinski definition) is 5. The first-order chi connectivity index (χ1) is 6.25. The highest BCUT2D eigenvalue weighted by Crippen LogP contribution is 2.24. The largest absolute Gasteiger partial charge is 0.493 e. The first-order valence-corrected chi connectivity index (χ1v) is 5.21. The molecule has 13 heavy (non-hydrogen) atoms. The molecule has 0 atom stereocenters. The van der Waals surface area contributed by atoms with Crippen molar-refractivity contribution in [2.24, 2.45) is 0 Å². The van der Waals surface area contributed by atoms with Crippen LogP contribution in [-0.4, -0.2) is 48.2 Å². The van der Waals surface area contributed by atoms with Crippen molar-refractivity contribution in [1.82, 2.24) is 9.88 Å². The van der Waals surface area contributed by atoms with Gasteiger partial charge in [-0.15, -0.1) is 11.3 Å². The maximum atomic E-state index is 9.10. The second kappa shape index (κ2) is 3.51. The summed E-state index contributed by atoms with van der Waals surface area (Å²) in [6.45, 7) is 4.15. The molecule has 72 valence electrons. The van der Waals surface area contributed by atoms with Crippen LogP contribution in [0, 0.1) is 0 Å². The number of thiazole rings is 1. The van der Waals surface area contributed by atoms with E-state index in [1.54, 1.807) is 5.38 Å². The van der Waals surface area contributed by atoms with Crippen LogP contribution >= 0.6 is 11.3 Å². The summed E-state index contributed by atoms with van der Waals surface area (Å²) in [7, 11) is 2.12. The van der Waals surface area contributed by atoms with E-state index in [1.807, 2.05) is 0 Å². The highest BCUT2D eigenvalue weighted by Gasteiger charge is 2.16. The third-order valence-electron chi connectivity index (χ3n) is 2.25. The number of aromatic hydroxyl groups is 1. The smallest absolute Gasteiger partial charge is 0.223 e. The molecule has 0 amide bonds. The van der Waals surface area contributed by atoms with Gasteiger partial charge in [0.1, 0.15) is 0 Å². The molecular formula is C8H13N3OS. The zero-order valence-electron chi connectivity index (χ0n) is 7.60. The molecule has 1 aromatic heterocycles. The summed E-state index contributed by atoms with van der Waals surface area (Å²) in [5, 5.41) is 11.7. The van der Waals surface area contributed by atoms with Gasteiger partial charge >= 0.3 is 0 Å². The lowest BCUT2D eigenvalue weighted by molar-refractivity contribution is 0.312. The fraction of sp³-hybridized carbons (Fsp3) is 0.625. The maximum absolute atomic E-state index is 9.10. The zero-order valence-corrected chi connectivity index (χ0v) is 8.42. The third-order valence-corrected chi connectivity index (χ3v) is 3.14. The monoisotopic (exact) mass is 199 g/mol. The summed E-state index contributed by atoms with van der Waals surface area (Å²) in [4.78, 5) is 8.55. The van der Waals surface area contributed by atoms with Crippen molar-refractivity contribution < 1.29 is 5.11 Å². The van der Waals surface area contributed by atoms with Crippen LogP contribution in [-0.2, 0) is 0 Å². The van der Waals surface area contributed by atoms with E-state index in [9.17, 15) is 0 Å². The Morgan fingerprint density at radius 3 is 2.62 bits per heavy atom.